The second kappa shape index (κ2) is 41.3. The molecule has 4 saturated carbocycles. The molecule has 8 heteroatoms. The maximum Gasteiger partial charge on any atom is 2.00 e. The number of halogens is 2. The summed E-state index contributed by atoms with van der Waals surface area (Å²) in [6.07, 6.45) is 43.0. The molecule has 0 saturated heterocycles. The second-order valence-corrected chi connectivity index (χ2v) is 7.73. The largest absolute Gasteiger partial charge is 2.00 e. The Morgan fingerprint density at radius 1 is 0.575 bits per heavy atom. The molecule has 0 atom stereocenters. The van der Waals surface area contributed by atoms with Gasteiger partial charge in [-0.05, 0) is 102 Å². The van der Waals surface area contributed by atoms with Crippen LogP contribution in [0.3, 0.4) is 0 Å². The molecule has 0 aliphatic heterocycles. The van der Waals surface area contributed by atoms with Crippen molar-refractivity contribution in [1.82, 2.24) is 0 Å². The van der Waals surface area contributed by atoms with E-state index >= 15 is 0 Å². The van der Waals surface area contributed by atoms with Crippen LogP contribution in [0.5, 0.6) is 0 Å². The van der Waals surface area contributed by atoms with E-state index < -0.39 is 0 Å². The number of rotatable bonds is 8. The molecule has 0 spiro atoms. The van der Waals surface area contributed by atoms with Gasteiger partial charge in [0.2, 0.25) is 0 Å². The van der Waals surface area contributed by atoms with Crippen LogP contribution in [0.25, 0.3) is 0 Å². The molecular weight excluding hydrogens is 808 g/mol. The van der Waals surface area contributed by atoms with E-state index in [4.69, 9.17) is 0 Å². The molecule has 0 N–H and O–H groups in total. The summed E-state index contributed by atoms with van der Waals surface area (Å²) in [5.41, 5.74) is 2.21. The molecule has 4 rings (SSSR count). The zero-order valence-electron chi connectivity index (χ0n) is 23.5. The Hall–Kier alpha value is 2.28. The van der Waals surface area contributed by atoms with Crippen molar-refractivity contribution in [3.63, 3.8) is 0 Å². The minimum atomic E-state index is 0. The summed E-state index contributed by atoms with van der Waals surface area (Å²) in [5, 5.41) is 0. The first-order valence-electron chi connectivity index (χ1n) is 12.6. The first-order valence-corrected chi connectivity index (χ1v) is 16.6. The van der Waals surface area contributed by atoms with Crippen LogP contribution in [-0.4, -0.2) is 24.5 Å². The van der Waals surface area contributed by atoms with E-state index in [0.29, 0.717) is 0 Å². The van der Waals surface area contributed by atoms with Gasteiger partial charge in [0.1, 0.15) is 0 Å². The van der Waals surface area contributed by atoms with Crippen LogP contribution in [-0.2, 0) is 70.5 Å². The monoisotopic (exact) mass is 846 g/mol. The van der Waals surface area contributed by atoms with Crippen LogP contribution in [0.2, 0.25) is 0 Å². The van der Waals surface area contributed by atoms with Crippen LogP contribution >= 0.6 is 19.1 Å². The van der Waals surface area contributed by atoms with E-state index in [1.54, 1.807) is 0 Å². The molecule has 0 amide bonds. The van der Waals surface area contributed by atoms with Gasteiger partial charge in [-0.2, -0.15) is 11.8 Å². The van der Waals surface area contributed by atoms with E-state index in [1.807, 2.05) is 117 Å². The molecular formula is C32H40Cl2Fe2N2Pd2+4. The summed E-state index contributed by atoms with van der Waals surface area (Å²) >= 11 is 4.44. The van der Waals surface area contributed by atoms with E-state index in [0.717, 1.165) is 36.3 Å². The summed E-state index contributed by atoms with van der Waals surface area (Å²) in [6.45, 7) is 10.3. The van der Waals surface area contributed by atoms with E-state index in [-0.39, 0.29) is 34.1 Å². The fourth-order valence-corrected chi connectivity index (χ4v) is 2.73. The molecule has 0 heterocycles. The van der Waals surface area contributed by atoms with Gasteiger partial charge in [0.25, 0.3) is 0 Å². The van der Waals surface area contributed by atoms with Gasteiger partial charge in [-0.1, -0.05) is 52.4 Å². The first-order chi connectivity index (χ1) is 18.7. The number of hydrogen-bond donors (Lipinski definition) is 0. The Labute approximate surface area is 302 Å². The molecule has 0 unspecified atom stereocenters. The summed E-state index contributed by atoms with van der Waals surface area (Å²) in [5.74, 6) is 2.26. The number of aliphatic imine (C=N–C) groups is 2. The van der Waals surface area contributed by atoms with Crippen molar-refractivity contribution >= 4 is 30.5 Å². The SMILES string of the molecule is CCCCN=C(C)[C]1[C-][CH][CH][CH]1.CCCCN=C(C)[C]1[C-][CH][CH][CH]1.[CH]1[CH][CH][CH][CH]1.[CH]1[CH][CH][CH][CH]1.[Cl][Pd+].[Cl][Pd+].[Fe+2].[Fe+2]. The van der Waals surface area contributed by atoms with E-state index in [9.17, 15) is 0 Å². The van der Waals surface area contributed by atoms with Gasteiger partial charge in [-0.25, -0.2) is 12.8 Å². The fraction of sp³-hybridized carbons (Fsp3) is 0.312. The third kappa shape index (κ3) is 31.7. The first kappa shape index (κ1) is 49.2. The van der Waals surface area contributed by atoms with Crippen molar-refractivity contribution in [3.8, 4) is 0 Å². The van der Waals surface area contributed by atoms with E-state index in [1.165, 1.54) is 25.7 Å². The van der Waals surface area contributed by atoms with Crippen molar-refractivity contribution in [2.75, 3.05) is 13.1 Å². The zero-order chi connectivity index (χ0) is 28.7. The standard InChI is InChI=1S/2C11H15N.2C5H5.2ClH.2Fe.2Pd/c2*1-3-4-9-12-10(2)11-7-5-6-8-11;2*1-2-4-5-3-1;;;;;;/h2*5-7H,3-4,9H2,1-2H3;2*1-5H;2*1H;;;;/q2*-1;;;;;4*+2/p-2. The quantitative estimate of drug-likeness (QED) is 0.102. The molecule has 4 aliphatic carbocycles. The minimum Gasteiger partial charge on any atom is 2.00 e. The molecule has 2 nitrogen and oxygen atoms in total. The number of hydrogen-bond acceptors (Lipinski definition) is 2. The van der Waals surface area contributed by atoms with Crippen molar-refractivity contribution in [2.45, 2.75) is 53.4 Å². The van der Waals surface area contributed by atoms with Crippen molar-refractivity contribution in [1.29, 1.82) is 0 Å². The van der Waals surface area contributed by atoms with Gasteiger partial charge in [0, 0.05) is 13.1 Å². The number of unbranched alkanes of at least 4 members (excludes halogenated alkanes) is 2. The van der Waals surface area contributed by atoms with Crippen molar-refractivity contribution in [2.24, 2.45) is 9.98 Å². The van der Waals surface area contributed by atoms with Crippen LogP contribution < -0.4 is 0 Å². The molecule has 224 valence electrons. The van der Waals surface area contributed by atoms with Gasteiger partial charge < -0.3 is 12.8 Å². The van der Waals surface area contributed by atoms with Crippen LogP contribution in [0.15, 0.2) is 9.98 Å². The van der Waals surface area contributed by atoms with Gasteiger partial charge in [0.15, 0.2) is 0 Å². The molecule has 0 aromatic rings. The third-order valence-corrected chi connectivity index (χ3v) is 4.81. The summed E-state index contributed by atoms with van der Waals surface area (Å²) in [4.78, 5) is 8.88. The Morgan fingerprint density at radius 3 is 1.05 bits per heavy atom. The Kier molecular flexibility index (Phi) is 50.7. The van der Waals surface area contributed by atoms with Gasteiger partial charge in [-0.15, -0.1) is 0 Å². The van der Waals surface area contributed by atoms with Gasteiger partial charge in [-0.3, -0.25) is 9.98 Å². The predicted molar refractivity (Wildman–Crippen MR) is 159 cm³/mol. The molecule has 20 radical (unpaired) electrons. The summed E-state index contributed by atoms with van der Waals surface area (Å²) in [7, 11) is 8.98. The predicted octanol–water partition coefficient (Wildman–Crippen LogP) is 8.47. The molecule has 4 aliphatic rings. The maximum atomic E-state index is 4.49. The Balaban J connectivity index is -0.000000215. The molecule has 4 fully saturated rings. The fourth-order valence-electron chi connectivity index (χ4n) is 2.73. The second-order valence-electron chi connectivity index (χ2n) is 7.73. The van der Waals surface area contributed by atoms with Gasteiger partial charge in [0.05, 0.1) is 0 Å². The van der Waals surface area contributed by atoms with E-state index in [2.05, 4.69) is 92.1 Å². The molecule has 0 aromatic carbocycles. The van der Waals surface area contributed by atoms with Crippen LogP contribution in [0.4, 0.5) is 0 Å². The van der Waals surface area contributed by atoms with Gasteiger partial charge >= 0.3 is 89.6 Å². The average Bonchev–Trinajstić information content (AvgIpc) is 3.81. The maximum absolute atomic E-state index is 4.49. The third-order valence-electron chi connectivity index (χ3n) is 4.81. The van der Waals surface area contributed by atoms with Crippen molar-refractivity contribution in [3.05, 3.63) is 127 Å². The summed E-state index contributed by atoms with van der Waals surface area (Å²) in [6, 6.07) is 0. The topological polar surface area (TPSA) is 24.7 Å². The van der Waals surface area contributed by atoms with Crippen LogP contribution in [0.1, 0.15) is 53.4 Å². The Morgan fingerprint density at radius 2 is 0.850 bits per heavy atom. The molecule has 0 bridgehead atoms. The zero-order valence-corrected chi connectivity index (χ0v) is 30.3. The minimum absolute atomic E-state index is 0. The molecule has 40 heavy (non-hydrogen) atoms. The van der Waals surface area contributed by atoms with Crippen molar-refractivity contribution < 1.29 is 70.5 Å². The molecule has 0 aromatic heterocycles. The van der Waals surface area contributed by atoms with Crippen LogP contribution in [0, 0.1) is 127 Å². The number of nitrogens with zero attached hydrogens (tertiary/aromatic N) is 2. The smallest absolute Gasteiger partial charge is 2.00 e. The normalized spacial score (nSPS) is 18.6. The Bertz CT molecular complexity index is 460. The average molecular weight is 848 g/mol. The summed E-state index contributed by atoms with van der Waals surface area (Å²) < 4.78 is 0.